The van der Waals surface area contributed by atoms with Crippen LogP contribution in [0.15, 0.2) is 24.4 Å². The number of aryl methyl sites for hydroxylation is 3. The van der Waals surface area contributed by atoms with Gasteiger partial charge < -0.3 is 5.73 Å². The molecule has 0 saturated carbocycles. The predicted octanol–water partition coefficient (Wildman–Crippen LogP) is 2.65. The Morgan fingerprint density at radius 2 is 1.81 bits per heavy atom. The van der Waals surface area contributed by atoms with Crippen molar-refractivity contribution < 1.29 is 0 Å². The van der Waals surface area contributed by atoms with Crippen LogP contribution in [0.4, 0.5) is 5.95 Å². The van der Waals surface area contributed by atoms with Crippen molar-refractivity contribution >= 4 is 5.95 Å². The van der Waals surface area contributed by atoms with E-state index >= 15 is 0 Å². The van der Waals surface area contributed by atoms with Gasteiger partial charge in [0.15, 0.2) is 0 Å². The van der Waals surface area contributed by atoms with Crippen LogP contribution in [0.1, 0.15) is 16.7 Å². The van der Waals surface area contributed by atoms with Crippen molar-refractivity contribution in [2.45, 2.75) is 20.8 Å². The van der Waals surface area contributed by atoms with Crippen molar-refractivity contribution in [1.82, 2.24) is 9.97 Å². The summed E-state index contributed by atoms with van der Waals surface area (Å²) in [4.78, 5) is 8.30. The predicted molar refractivity (Wildman–Crippen MR) is 66.1 cm³/mol. The third-order valence-electron chi connectivity index (χ3n) is 2.64. The molecule has 82 valence electrons. The molecule has 16 heavy (non-hydrogen) atoms. The molecule has 0 unspecified atom stereocenters. The second-order valence-corrected chi connectivity index (χ2v) is 4.08. The molecule has 2 aromatic rings. The monoisotopic (exact) mass is 213 g/mol. The van der Waals surface area contributed by atoms with Crippen LogP contribution in [0, 0.1) is 20.8 Å². The number of hydrogen-bond acceptors (Lipinski definition) is 3. The second kappa shape index (κ2) is 3.93. The van der Waals surface area contributed by atoms with Crippen LogP contribution in [0.2, 0.25) is 0 Å². The van der Waals surface area contributed by atoms with E-state index in [1.165, 1.54) is 11.1 Å². The van der Waals surface area contributed by atoms with E-state index in [4.69, 9.17) is 5.73 Å². The highest BCUT2D eigenvalue weighted by molar-refractivity contribution is 5.67. The zero-order chi connectivity index (χ0) is 11.7. The molecule has 0 fully saturated rings. The fraction of sp³-hybridized carbons (Fsp3) is 0.231. The standard InChI is InChI=1S/C13H15N3/c1-8-4-5-9(2)11(6-8)12-10(3)7-15-13(14)16-12/h4-7H,1-3H3,(H2,14,15,16). The van der Waals surface area contributed by atoms with Gasteiger partial charge in [-0.25, -0.2) is 9.97 Å². The average Bonchev–Trinajstić information content (AvgIpc) is 2.25. The lowest BCUT2D eigenvalue weighted by Crippen LogP contribution is -1.99. The molecular weight excluding hydrogens is 198 g/mol. The Labute approximate surface area is 95.4 Å². The molecule has 0 saturated heterocycles. The number of hydrogen-bond donors (Lipinski definition) is 1. The lowest BCUT2D eigenvalue weighted by atomic mass is 10.0. The molecule has 0 atom stereocenters. The van der Waals surface area contributed by atoms with Crippen LogP contribution >= 0.6 is 0 Å². The molecule has 0 aliphatic rings. The topological polar surface area (TPSA) is 51.8 Å². The first-order valence-electron chi connectivity index (χ1n) is 5.24. The summed E-state index contributed by atoms with van der Waals surface area (Å²) >= 11 is 0. The lowest BCUT2D eigenvalue weighted by molar-refractivity contribution is 1.14. The molecule has 3 nitrogen and oxygen atoms in total. The second-order valence-electron chi connectivity index (χ2n) is 4.08. The van der Waals surface area contributed by atoms with Crippen molar-refractivity contribution in [3.8, 4) is 11.3 Å². The molecular formula is C13H15N3. The van der Waals surface area contributed by atoms with E-state index < -0.39 is 0 Å². The van der Waals surface area contributed by atoms with Gasteiger partial charge in [0.2, 0.25) is 5.95 Å². The molecule has 3 heteroatoms. The molecule has 0 radical (unpaired) electrons. The molecule has 1 aromatic carbocycles. The SMILES string of the molecule is Cc1ccc(C)c(-c2nc(N)ncc2C)c1. The minimum atomic E-state index is 0.321. The number of nitrogen functional groups attached to an aromatic ring is 1. The number of rotatable bonds is 1. The number of nitrogens with zero attached hydrogens (tertiary/aromatic N) is 2. The highest BCUT2D eigenvalue weighted by Crippen LogP contribution is 2.25. The van der Waals surface area contributed by atoms with Gasteiger partial charge in [-0.15, -0.1) is 0 Å². The van der Waals surface area contributed by atoms with E-state index in [1.54, 1.807) is 6.20 Å². The molecule has 2 rings (SSSR count). The number of benzene rings is 1. The Balaban J connectivity index is 2.66. The fourth-order valence-corrected chi connectivity index (χ4v) is 1.72. The summed E-state index contributed by atoms with van der Waals surface area (Å²) < 4.78 is 0. The first-order valence-corrected chi connectivity index (χ1v) is 5.24. The summed E-state index contributed by atoms with van der Waals surface area (Å²) in [6.07, 6.45) is 1.76. The molecule has 1 aromatic heterocycles. The van der Waals surface area contributed by atoms with Crippen molar-refractivity contribution in [2.24, 2.45) is 0 Å². The van der Waals surface area contributed by atoms with E-state index in [2.05, 4.69) is 42.0 Å². The molecule has 0 aliphatic carbocycles. The van der Waals surface area contributed by atoms with Gasteiger partial charge in [0, 0.05) is 11.8 Å². The summed E-state index contributed by atoms with van der Waals surface area (Å²) in [7, 11) is 0. The minimum absolute atomic E-state index is 0.321. The van der Waals surface area contributed by atoms with Crippen molar-refractivity contribution in [3.05, 3.63) is 41.1 Å². The Hall–Kier alpha value is -1.90. The van der Waals surface area contributed by atoms with Gasteiger partial charge in [0.1, 0.15) is 0 Å². The molecule has 0 bridgehead atoms. The summed E-state index contributed by atoms with van der Waals surface area (Å²) in [5.41, 5.74) is 11.2. The van der Waals surface area contributed by atoms with E-state index in [-0.39, 0.29) is 0 Å². The third-order valence-corrected chi connectivity index (χ3v) is 2.64. The van der Waals surface area contributed by atoms with Crippen LogP contribution in [0.5, 0.6) is 0 Å². The van der Waals surface area contributed by atoms with Gasteiger partial charge in [0.05, 0.1) is 5.69 Å². The zero-order valence-electron chi connectivity index (χ0n) is 9.78. The van der Waals surface area contributed by atoms with Gasteiger partial charge in [-0.2, -0.15) is 0 Å². The number of anilines is 1. The number of aromatic nitrogens is 2. The summed E-state index contributed by atoms with van der Waals surface area (Å²) in [5, 5.41) is 0. The quantitative estimate of drug-likeness (QED) is 0.792. The normalized spacial score (nSPS) is 10.4. The van der Waals surface area contributed by atoms with E-state index in [0.29, 0.717) is 5.95 Å². The van der Waals surface area contributed by atoms with Gasteiger partial charge in [-0.05, 0) is 38.0 Å². The minimum Gasteiger partial charge on any atom is -0.368 e. The molecule has 0 spiro atoms. The van der Waals surface area contributed by atoms with Crippen molar-refractivity contribution in [2.75, 3.05) is 5.73 Å². The summed E-state index contributed by atoms with van der Waals surface area (Å²) in [6, 6.07) is 6.32. The lowest BCUT2D eigenvalue weighted by Gasteiger charge is -2.09. The molecule has 0 amide bonds. The van der Waals surface area contributed by atoms with Crippen LogP contribution in [0.3, 0.4) is 0 Å². The van der Waals surface area contributed by atoms with Crippen molar-refractivity contribution in [3.63, 3.8) is 0 Å². The van der Waals surface area contributed by atoms with Gasteiger partial charge >= 0.3 is 0 Å². The van der Waals surface area contributed by atoms with E-state index in [9.17, 15) is 0 Å². The van der Waals surface area contributed by atoms with Gasteiger partial charge in [-0.3, -0.25) is 0 Å². The summed E-state index contributed by atoms with van der Waals surface area (Å²) in [5.74, 6) is 0.321. The zero-order valence-corrected chi connectivity index (χ0v) is 9.78. The van der Waals surface area contributed by atoms with E-state index in [1.807, 2.05) is 6.92 Å². The maximum atomic E-state index is 5.63. The first kappa shape index (κ1) is 10.6. The Morgan fingerprint density at radius 1 is 1.06 bits per heavy atom. The third kappa shape index (κ3) is 1.89. The fourth-order valence-electron chi connectivity index (χ4n) is 1.72. The van der Waals surface area contributed by atoms with Crippen LogP contribution in [-0.4, -0.2) is 9.97 Å². The molecule has 2 N–H and O–H groups in total. The Bertz CT molecular complexity index is 483. The largest absolute Gasteiger partial charge is 0.368 e. The maximum Gasteiger partial charge on any atom is 0.220 e. The Morgan fingerprint density at radius 3 is 2.56 bits per heavy atom. The van der Waals surface area contributed by atoms with Crippen LogP contribution in [-0.2, 0) is 0 Å². The van der Waals surface area contributed by atoms with Crippen LogP contribution < -0.4 is 5.73 Å². The van der Waals surface area contributed by atoms with E-state index in [0.717, 1.165) is 16.8 Å². The summed E-state index contributed by atoms with van der Waals surface area (Å²) in [6.45, 7) is 6.14. The first-order chi connectivity index (χ1) is 7.58. The molecule has 1 heterocycles. The molecule has 0 aliphatic heterocycles. The smallest absolute Gasteiger partial charge is 0.220 e. The van der Waals surface area contributed by atoms with Gasteiger partial charge in [-0.1, -0.05) is 17.7 Å². The maximum absolute atomic E-state index is 5.63. The van der Waals surface area contributed by atoms with Crippen LogP contribution in [0.25, 0.3) is 11.3 Å². The average molecular weight is 213 g/mol. The number of nitrogens with two attached hydrogens (primary N) is 1. The van der Waals surface area contributed by atoms with Crippen molar-refractivity contribution in [1.29, 1.82) is 0 Å². The highest BCUT2D eigenvalue weighted by atomic mass is 15.0. The Kier molecular flexibility index (Phi) is 2.60. The highest BCUT2D eigenvalue weighted by Gasteiger charge is 2.08. The van der Waals surface area contributed by atoms with Gasteiger partial charge in [0.25, 0.3) is 0 Å².